The van der Waals surface area contributed by atoms with Gasteiger partial charge >= 0.3 is 7.82 Å². The number of ether oxygens (including phenoxy) is 1. The van der Waals surface area contributed by atoms with Gasteiger partial charge in [-0.1, -0.05) is 0 Å². The molecule has 1 aliphatic heterocycles. The Hall–Kier alpha value is -0.0900. The Bertz CT molecular complexity index is 290. The lowest BCUT2D eigenvalue weighted by Gasteiger charge is -2.22. The summed E-state index contributed by atoms with van der Waals surface area (Å²) in [6, 6.07) is 0. The second kappa shape index (κ2) is 4.65. The summed E-state index contributed by atoms with van der Waals surface area (Å²) >= 11 is 0. The number of phosphoric acid groups is 1. The van der Waals surface area contributed by atoms with E-state index in [0.29, 0.717) is 0 Å². The van der Waals surface area contributed by atoms with Crippen molar-refractivity contribution in [3.8, 4) is 0 Å². The highest BCUT2D eigenvalue weighted by Crippen LogP contribution is 2.38. The lowest BCUT2D eigenvalue weighted by molar-refractivity contribution is -0.247. The lowest BCUT2D eigenvalue weighted by Crippen LogP contribution is -2.46. The largest absolute Gasteiger partial charge is 0.469 e. The van der Waals surface area contributed by atoms with Gasteiger partial charge in [-0.15, -0.1) is 0 Å². The standard InChI is InChI=1S/C6H13O9P/c7-2-6(10)5(9)4(8)3(15-6)1-14-16(11,12)13/h3-5,7-10H,1-2H2,(H2,11,12,13)/t3-,4-,5+,6?/m1/s1/i1+1,2+1,3+1,4+1,5+1,6+1. The van der Waals surface area contributed by atoms with Crippen LogP contribution < -0.4 is 0 Å². The molecule has 1 heterocycles. The van der Waals surface area contributed by atoms with Gasteiger partial charge in [0.15, 0.2) is 0 Å². The van der Waals surface area contributed by atoms with Crippen molar-refractivity contribution in [2.75, 3.05) is 13.2 Å². The topological polar surface area (TPSA) is 157 Å². The van der Waals surface area contributed by atoms with E-state index in [1.54, 1.807) is 0 Å². The Morgan fingerprint density at radius 3 is 2.31 bits per heavy atom. The summed E-state index contributed by atoms with van der Waals surface area (Å²) in [5.41, 5.74) is 0. The molecule has 6 N–H and O–H groups in total. The van der Waals surface area contributed by atoms with Gasteiger partial charge in [-0.05, 0) is 0 Å². The van der Waals surface area contributed by atoms with Crippen molar-refractivity contribution in [3.63, 3.8) is 0 Å². The summed E-state index contributed by atoms with van der Waals surface area (Å²) in [6.45, 7) is -1.71. The van der Waals surface area contributed by atoms with E-state index in [1.807, 2.05) is 0 Å². The lowest BCUT2D eigenvalue weighted by atomic mass is 11.0. The Kier molecular flexibility index (Phi) is 4.06. The quantitative estimate of drug-likeness (QED) is 0.229. The number of aliphatic hydroxyl groups is 4. The van der Waals surface area contributed by atoms with Crippen molar-refractivity contribution in [2.24, 2.45) is 0 Å². The van der Waals surface area contributed by atoms with Crippen molar-refractivity contribution >= 4 is 7.82 Å². The van der Waals surface area contributed by atoms with E-state index >= 15 is 0 Å². The molecule has 1 saturated heterocycles. The Labute approximate surface area is 90.1 Å². The van der Waals surface area contributed by atoms with Crippen LogP contribution in [-0.4, -0.2) is 67.5 Å². The maximum atomic E-state index is 10.4. The normalized spacial score (nSPS) is 40.2. The maximum absolute atomic E-state index is 10.4. The molecule has 0 saturated carbocycles. The molecule has 0 amide bonds. The van der Waals surface area contributed by atoms with E-state index in [9.17, 15) is 19.9 Å². The minimum absolute atomic E-state index is 0.731. The Morgan fingerprint density at radius 2 is 1.94 bits per heavy atom. The first kappa shape index (κ1) is 14.0. The number of hydrogen-bond acceptors (Lipinski definition) is 7. The molecule has 1 rings (SSSR count). The molecule has 96 valence electrons. The number of hydrogen-bond donors (Lipinski definition) is 6. The van der Waals surface area contributed by atoms with Crippen LogP contribution in [0.25, 0.3) is 0 Å². The van der Waals surface area contributed by atoms with Gasteiger partial charge in [0, 0.05) is 0 Å². The average molecular weight is 266 g/mol. The zero-order chi connectivity index (χ0) is 12.6. The fourth-order valence-corrected chi connectivity index (χ4v) is 1.65. The highest BCUT2D eigenvalue weighted by Gasteiger charge is 2.53. The van der Waals surface area contributed by atoms with Crippen LogP contribution in [0.1, 0.15) is 0 Å². The summed E-state index contributed by atoms with van der Waals surface area (Å²) in [5.74, 6) is -2.36. The first-order valence-corrected chi connectivity index (χ1v) is 5.80. The van der Waals surface area contributed by atoms with E-state index in [1.165, 1.54) is 0 Å². The summed E-state index contributed by atoms with van der Waals surface area (Å²) < 4.78 is 19.1. The zero-order valence-electron chi connectivity index (χ0n) is 8.00. The monoisotopic (exact) mass is 266 g/mol. The van der Waals surface area contributed by atoms with Crippen molar-refractivity contribution in [3.05, 3.63) is 0 Å². The van der Waals surface area contributed by atoms with Crippen molar-refractivity contribution in [1.29, 1.82) is 0 Å². The predicted molar refractivity (Wildman–Crippen MR) is 46.9 cm³/mol. The number of aliphatic hydroxyl groups excluding tert-OH is 3. The molecule has 0 radical (unpaired) electrons. The Morgan fingerprint density at radius 1 is 1.38 bits per heavy atom. The van der Waals surface area contributed by atoms with Crippen molar-refractivity contribution in [1.82, 2.24) is 0 Å². The minimum atomic E-state index is -4.73. The highest BCUT2D eigenvalue weighted by atomic mass is 31.2. The number of rotatable bonds is 4. The molecule has 0 aliphatic carbocycles. The third kappa shape index (κ3) is 2.98. The van der Waals surface area contributed by atoms with Crippen molar-refractivity contribution in [2.45, 2.75) is 24.1 Å². The van der Waals surface area contributed by atoms with Crippen LogP contribution in [0.5, 0.6) is 0 Å². The molecule has 16 heavy (non-hydrogen) atoms. The van der Waals surface area contributed by atoms with Gasteiger partial charge in [0.05, 0.1) is 13.2 Å². The van der Waals surface area contributed by atoms with Crippen molar-refractivity contribution < 1.29 is 44.0 Å². The van der Waals surface area contributed by atoms with Gasteiger partial charge in [-0.25, -0.2) is 4.57 Å². The number of phosphoric ester groups is 1. The first-order chi connectivity index (χ1) is 7.19. The molecule has 10 heteroatoms. The van der Waals surface area contributed by atoms with Crippen LogP contribution in [0, 0.1) is 0 Å². The van der Waals surface area contributed by atoms with E-state index in [4.69, 9.17) is 14.9 Å². The fourth-order valence-electron chi connectivity index (χ4n) is 1.31. The molecular formula is C6H13O9P. The zero-order valence-corrected chi connectivity index (χ0v) is 8.90. The second-order valence-electron chi connectivity index (χ2n) is 3.38. The average Bonchev–Trinajstić information content (AvgIpc) is 2.40. The van der Waals surface area contributed by atoms with E-state index in [0.717, 1.165) is 0 Å². The molecule has 1 unspecified atom stereocenters. The summed E-state index contributed by atoms with van der Waals surface area (Å²) in [5, 5.41) is 36.7. The molecule has 9 nitrogen and oxygen atoms in total. The van der Waals surface area contributed by atoms with Gasteiger partial charge < -0.3 is 34.9 Å². The minimum Gasteiger partial charge on any atom is -0.391 e. The summed E-state index contributed by atoms with van der Waals surface area (Å²) in [7, 11) is -4.73. The van der Waals surface area contributed by atoms with Crippen LogP contribution in [-0.2, 0) is 13.8 Å². The van der Waals surface area contributed by atoms with Gasteiger partial charge in [-0.3, -0.25) is 4.52 Å². The molecule has 0 aromatic rings. The van der Waals surface area contributed by atoms with E-state index in [2.05, 4.69) is 9.26 Å². The summed E-state index contributed by atoms with van der Waals surface area (Å²) in [6.07, 6.45) is -4.76. The van der Waals surface area contributed by atoms with Crippen LogP contribution in [0.3, 0.4) is 0 Å². The predicted octanol–water partition coefficient (Wildman–Crippen LogP) is -3.10. The highest BCUT2D eigenvalue weighted by molar-refractivity contribution is 7.46. The second-order valence-corrected chi connectivity index (χ2v) is 4.62. The molecule has 0 bridgehead atoms. The Balaban J connectivity index is 2.61. The maximum Gasteiger partial charge on any atom is 0.469 e. The van der Waals surface area contributed by atoms with E-state index < -0.39 is 45.1 Å². The third-order valence-corrected chi connectivity index (χ3v) is 2.64. The van der Waals surface area contributed by atoms with Crippen LogP contribution in [0.15, 0.2) is 0 Å². The fraction of sp³-hybridized carbons (Fsp3) is 1.00. The van der Waals surface area contributed by atoms with Crippen LogP contribution >= 0.6 is 7.82 Å². The molecule has 4 atom stereocenters. The molecular weight excluding hydrogens is 253 g/mol. The van der Waals surface area contributed by atoms with Gasteiger partial charge in [0.25, 0.3) is 0 Å². The molecule has 0 aromatic carbocycles. The molecule has 0 aromatic heterocycles. The van der Waals surface area contributed by atoms with E-state index in [-0.39, 0.29) is 0 Å². The van der Waals surface area contributed by atoms with Gasteiger partial charge in [0.1, 0.15) is 18.3 Å². The van der Waals surface area contributed by atoms with Crippen LogP contribution in [0.4, 0.5) is 0 Å². The summed E-state index contributed by atoms with van der Waals surface area (Å²) in [4.78, 5) is 16.8. The smallest absolute Gasteiger partial charge is 0.391 e. The van der Waals surface area contributed by atoms with Crippen LogP contribution in [0.2, 0.25) is 0 Å². The first-order valence-electron chi connectivity index (χ1n) is 4.27. The van der Waals surface area contributed by atoms with Gasteiger partial charge in [0.2, 0.25) is 5.79 Å². The third-order valence-electron chi connectivity index (χ3n) is 2.16. The molecule has 1 fully saturated rings. The SMILES string of the molecule is O=P(O)(O)O[13CH2][13C@H]1O[13C](O)([13CH2]O)[13C@@H](O)[13C@@H]1O. The molecule has 0 spiro atoms. The van der Waals surface area contributed by atoms with Gasteiger partial charge in [-0.2, -0.15) is 0 Å². The molecule has 1 aliphatic rings.